The largest absolute Gasteiger partial charge is 4.00 e. The van der Waals surface area contributed by atoms with E-state index in [9.17, 15) is 27.2 Å². The third-order valence-corrected chi connectivity index (χ3v) is 9.54. The molecule has 0 fully saturated rings. The molecule has 8 rings (SSSR count). The van der Waals surface area contributed by atoms with Crippen molar-refractivity contribution in [3.63, 3.8) is 0 Å². The quantitative estimate of drug-likeness (QED) is 0.0867. The maximum Gasteiger partial charge on any atom is 4.00 e. The Morgan fingerprint density at radius 2 is 0.873 bits per heavy atom. The molecule has 0 radical (unpaired) electrons. The molecule has 2 amide bonds. The zero-order chi connectivity index (χ0) is 44.4. The van der Waals surface area contributed by atoms with E-state index < -0.39 is 35.1 Å². The molecular formula is C52H40Cl2F4N2O2Ti. The second-order valence-electron chi connectivity index (χ2n) is 13.8. The first kappa shape index (κ1) is 49.9. The van der Waals surface area contributed by atoms with Gasteiger partial charge in [0.05, 0.1) is 0 Å². The topological polar surface area (TPSA) is 40.6 Å². The molecule has 6 aromatic carbocycles. The van der Waals surface area contributed by atoms with Gasteiger partial charge in [-0.1, -0.05) is 82.9 Å². The molecule has 0 aliphatic heterocycles. The van der Waals surface area contributed by atoms with Crippen LogP contribution in [0.4, 0.5) is 28.9 Å². The zero-order valence-corrected chi connectivity index (χ0v) is 37.4. The van der Waals surface area contributed by atoms with Crippen LogP contribution in [0.1, 0.15) is 55.8 Å². The summed E-state index contributed by atoms with van der Waals surface area (Å²) in [6.45, 7) is 4.18. The second kappa shape index (κ2) is 25.4. The number of amides is 2. The molecule has 0 spiro atoms. The summed E-state index contributed by atoms with van der Waals surface area (Å²) in [7, 11) is 0. The van der Waals surface area contributed by atoms with Crippen LogP contribution in [-0.2, 0) is 34.8 Å². The van der Waals surface area contributed by atoms with Gasteiger partial charge < -0.3 is 9.80 Å². The van der Waals surface area contributed by atoms with Crippen LogP contribution in [0.2, 0.25) is 10.0 Å². The second-order valence-corrected chi connectivity index (χ2v) is 14.7. The van der Waals surface area contributed by atoms with Crippen molar-refractivity contribution in [3.8, 4) is 0 Å². The van der Waals surface area contributed by atoms with Gasteiger partial charge in [0.2, 0.25) is 11.8 Å². The Hall–Kier alpha value is -5.77. The Kier molecular flexibility index (Phi) is 20.1. The first-order valence-electron chi connectivity index (χ1n) is 19.3. The molecule has 0 atom stereocenters. The van der Waals surface area contributed by atoms with E-state index in [4.69, 9.17) is 23.2 Å². The smallest absolute Gasteiger partial charge is 0.355 e. The number of allylic oxidation sites excluding steroid dienone is 8. The maximum atomic E-state index is 14.3. The van der Waals surface area contributed by atoms with E-state index >= 15 is 0 Å². The zero-order valence-electron chi connectivity index (χ0n) is 34.3. The molecule has 4 nitrogen and oxygen atoms in total. The van der Waals surface area contributed by atoms with Gasteiger partial charge in [-0.05, 0) is 84.9 Å². The number of hydrogen-bond donors (Lipinski definition) is 0. The van der Waals surface area contributed by atoms with E-state index in [1.165, 1.54) is 21.9 Å². The van der Waals surface area contributed by atoms with Gasteiger partial charge in [0.1, 0.15) is 0 Å². The minimum Gasteiger partial charge on any atom is -0.355 e. The van der Waals surface area contributed by atoms with Gasteiger partial charge in [0.15, 0.2) is 0 Å². The molecule has 0 unspecified atom stereocenters. The van der Waals surface area contributed by atoms with Crippen molar-refractivity contribution in [1.82, 2.24) is 0 Å². The predicted octanol–water partition coefficient (Wildman–Crippen LogP) is 13.8. The van der Waals surface area contributed by atoms with E-state index in [-0.39, 0.29) is 46.2 Å². The Morgan fingerprint density at radius 3 is 1.14 bits per heavy atom. The fourth-order valence-corrected chi connectivity index (χ4v) is 6.00. The Balaban J connectivity index is 0.000000223. The predicted molar refractivity (Wildman–Crippen MR) is 240 cm³/mol. The molecule has 63 heavy (non-hydrogen) atoms. The standard InChI is InChI=1S/2C21H15ClF2NO.2C5H5.Ti/c2*1-14-2-4-15(5-3-14)13-25(20-11-10-18(23)12-19(20)24)21(26)16-6-8-17(22)9-7-16;2*1-2-4-5-3-1;/h2*2-11H,13H2,1H3;2*1-3H,4H2;/q4*-1;+4. The fraction of sp³-hybridized carbons (Fsp3) is 0.115. The first-order valence-corrected chi connectivity index (χ1v) is 20.1. The van der Waals surface area contributed by atoms with E-state index in [1.54, 1.807) is 48.5 Å². The van der Waals surface area contributed by atoms with Crippen molar-refractivity contribution in [2.45, 2.75) is 39.8 Å². The van der Waals surface area contributed by atoms with Gasteiger partial charge in [0.25, 0.3) is 0 Å². The summed E-state index contributed by atoms with van der Waals surface area (Å²) in [4.78, 5) is 28.5. The summed E-state index contributed by atoms with van der Waals surface area (Å²) < 4.78 is 55.1. The number of anilines is 2. The van der Waals surface area contributed by atoms with Crippen molar-refractivity contribution >= 4 is 46.4 Å². The van der Waals surface area contributed by atoms with Crippen LogP contribution in [0.25, 0.3) is 0 Å². The average molecular weight is 920 g/mol. The summed E-state index contributed by atoms with van der Waals surface area (Å²) in [5.74, 6) is -4.30. The van der Waals surface area contributed by atoms with Crippen LogP contribution in [0, 0.1) is 61.4 Å². The van der Waals surface area contributed by atoms with Crippen molar-refractivity contribution in [3.05, 3.63) is 249 Å². The molecule has 2 aliphatic rings. The molecule has 316 valence electrons. The molecule has 2 aliphatic carbocycles. The fourth-order valence-electron chi connectivity index (χ4n) is 5.75. The minimum absolute atomic E-state index is 0. The Bertz CT molecular complexity index is 2340. The van der Waals surface area contributed by atoms with Gasteiger partial charge >= 0.3 is 21.7 Å². The molecule has 0 bridgehead atoms. The number of hydrogen-bond acceptors (Lipinski definition) is 2. The van der Waals surface area contributed by atoms with E-state index in [0.717, 1.165) is 47.2 Å². The van der Waals surface area contributed by atoms with Crippen molar-refractivity contribution in [2.24, 2.45) is 0 Å². The summed E-state index contributed by atoms with van der Waals surface area (Å²) in [6, 6.07) is 36.3. The van der Waals surface area contributed by atoms with Gasteiger partial charge in [-0.2, -0.15) is 12.2 Å². The molecule has 0 aromatic heterocycles. The van der Waals surface area contributed by atoms with E-state index in [2.05, 4.69) is 24.3 Å². The molecule has 11 heteroatoms. The van der Waals surface area contributed by atoms with Gasteiger partial charge in [-0.3, -0.25) is 21.7 Å². The third-order valence-electron chi connectivity index (χ3n) is 9.03. The third kappa shape index (κ3) is 15.8. The molecular weight excluding hydrogens is 879 g/mol. The van der Waals surface area contributed by atoms with Crippen LogP contribution in [0.5, 0.6) is 0 Å². The average Bonchev–Trinajstić information content (AvgIpc) is 4.06. The molecule has 0 saturated carbocycles. The number of nitrogens with zero attached hydrogens (tertiary/aromatic N) is 2. The maximum absolute atomic E-state index is 14.3. The number of carbonyl (C=O) groups is 2. The minimum atomic E-state index is -0.917. The van der Waals surface area contributed by atoms with Crippen LogP contribution in [-0.4, -0.2) is 11.8 Å². The van der Waals surface area contributed by atoms with Crippen LogP contribution >= 0.6 is 23.2 Å². The normalized spacial score (nSPS) is 11.6. The van der Waals surface area contributed by atoms with Crippen LogP contribution in [0.3, 0.4) is 0 Å². The monoisotopic (exact) mass is 918 g/mol. The molecule has 0 N–H and O–H groups in total. The summed E-state index contributed by atoms with van der Waals surface area (Å²) >= 11 is 11.7. The van der Waals surface area contributed by atoms with Crippen LogP contribution in [0.15, 0.2) is 158 Å². The number of aryl methyl sites for hydroxylation is 2. The van der Waals surface area contributed by atoms with E-state index in [1.807, 2.05) is 98.8 Å². The van der Waals surface area contributed by atoms with Crippen molar-refractivity contribution in [2.75, 3.05) is 9.80 Å². The van der Waals surface area contributed by atoms with Gasteiger partial charge in [-0.25, -0.2) is 41.9 Å². The van der Waals surface area contributed by atoms with Gasteiger partial charge in [0, 0.05) is 57.5 Å². The summed E-state index contributed by atoms with van der Waals surface area (Å²) in [6.07, 6.45) is 20.0. The van der Waals surface area contributed by atoms with E-state index in [0.29, 0.717) is 21.2 Å². The van der Waals surface area contributed by atoms with Crippen molar-refractivity contribution in [1.29, 1.82) is 0 Å². The SMILES string of the molecule is Cc1ccc(CN(C(=O)c2ccc(Cl)cc2)c2ccc(F)[c-]c2F)cc1.Cc1ccc(CN(C(=O)c2ccc(Cl)cc2)c2ccc(F)[c-]c2F)cc1.[C-]1=CC=CC1.[C-]1=CC=CC1.[Ti+4]. The molecule has 0 heterocycles. The number of rotatable bonds is 8. The molecule has 6 aromatic rings. The number of carbonyl (C=O) groups excluding carboxylic acids is 2. The number of benzene rings is 6. The summed E-state index contributed by atoms with van der Waals surface area (Å²) in [5.41, 5.74) is 4.42. The van der Waals surface area contributed by atoms with Gasteiger partial charge in [-0.15, -0.1) is 49.2 Å². The Labute approximate surface area is 391 Å². The Morgan fingerprint density at radius 1 is 0.524 bits per heavy atom. The van der Waals surface area contributed by atoms with Crippen LogP contribution < -0.4 is 9.80 Å². The summed E-state index contributed by atoms with van der Waals surface area (Å²) in [5, 5.41) is 0.987. The first-order chi connectivity index (χ1) is 29.9. The van der Waals surface area contributed by atoms with Crippen molar-refractivity contribution < 1.29 is 48.9 Å². The number of halogens is 6. The molecule has 0 saturated heterocycles.